The Kier molecular flexibility index (Phi) is 3.47. The molecular weight excluding hydrogens is 300 g/mol. The number of hydrogen-bond acceptors (Lipinski definition) is 2. The van der Waals surface area contributed by atoms with Gasteiger partial charge in [0.05, 0.1) is 5.56 Å². The summed E-state index contributed by atoms with van der Waals surface area (Å²) in [5, 5.41) is 11.6. The Morgan fingerprint density at radius 3 is 2.67 bits per heavy atom. The lowest BCUT2D eigenvalue weighted by Crippen LogP contribution is -2.12. The van der Waals surface area contributed by atoms with Gasteiger partial charge < -0.3 is 15.4 Å². The number of anilines is 1. The number of aromatic carboxylic acids is 1. The van der Waals surface area contributed by atoms with Crippen LogP contribution in [-0.2, 0) is 0 Å². The minimum absolute atomic E-state index is 0.0966. The summed E-state index contributed by atoms with van der Waals surface area (Å²) in [7, 11) is 0. The quantitative estimate of drug-likeness (QED) is 0.815. The molecule has 2 aromatic rings. The summed E-state index contributed by atoms with van der Waals surface area (Å²) in [5.41, 5.74) is 0.935. The third kappa shape index (κ3) is 2.60. The fourth-order valence-electron chi connectivity index (χ4n) is 1.44. The monoisotopic (exact) mass is 308 g/mol. The predicted octanol–water partition coefficient (Wildman–Crippen LogP) is 2.73. The van der Waals surface area contributed by atoms with E-state index in [4.69, 9.17) is 5.11 Å². The molecule has 0 saturated heterocycles. The highest BCUT2D eigenvalue weighted by atomic mass is 79.9. The van der Waals surface area contributed by atoms with Crippen LogP contribution < -0.4 is 5.32 Å². The number of aromatic nitrogens is 1. The molecule has 1 aromatic carbocycles. The second-order valence-corrected chi connectivity index (χ2v) is 4.39. The summed E-state index contributed by atoms with van der Waals surface area (Å²) in [5.74, 6) is -1.38. The Balaban J connectivity index is 2.22. The highest BCUT2D eigenvalue weighted by Crippen LogP contribution is 2.21. The molecule has 1 heterocycles. The number of amides is 1. The average Bonchev–Trinajstić information content (AvgIpc) is 2.85. The van der Waals surface area contributed by atoms with Crippen molar-refractivity contribution < 1.29 is 14.7 Å². The second-order valence-electron chi connectivity index (χ2n) is 3.54. The molecule has 0 atom stereocenters. The van der Waals surface area contributed by atoms with Gasteiger partial charge in [-0.05, 0) is 46.3 Å². The summed E-state index contributed by atoms with van der Waals surface area (Å²) in [4.78, 5) is 25.4. The van der Waals surface area contributed by atoms with Crippen LogP contribution in [0.2, 0.25) is 0 Å². The van der Waals surface area contributed by atoms with Crippen molar-refractivity contribution in [1.29, 1.82) is 0 Å². The first kappa shape index (κ1) is 12.4. The molecular formula is C12H9BrN2O3. The van der Waals surface area contributed by atoms with Crippen molar-refractivity contribution in [1.82, 2.24) is 4.98 Å². The largest absolute Gasteiger partial charge is 0.478 e. The van der Waals surface area contributed by atoms with Gasteiger partial charge in [-0.2, -0.15) is 0 Å². The van der Waals surface area contributed by atoms with Crippen LogP contribution in [0.4, 0.5) is 5.69 Å². The molecule has 1 aromatic heterocycles. The van der Waals surface area contributed by atoms with E-state index in [2.05, 4.69) is 26.2 Å². The number of aromatic amines is 1. The van der Waals surface area contributed by atoms with E-state index in [0.29, 0.717) is 15.9 Å². The number of H-pyrrole nitrogens is 1. The first-order valence-corrected chi connectivity index (χ1v) is 5.85. The van der Waals surface area contributed by atoms with Gasteiger partial charge in [-0.1, -0.05) is 0 Å². The third-order valence-corrected chi connectivity index (χ3v) is 2.99. The lowest BCUT2D eigenvalue weighted by Gasteiger charge is -2.06. The van der Waals surface area contributed by atoms with Gasteiger partial charge >= 0.3 is 5.97 Å². The molecule has 2 rings (SSSR count). The van der Waals surface area contributed by atoms with Crippen LogP contribution in [0.5, 0.6) is 0 Å². The molecule has 18 heavy (non-hydrogen) atoms. The van der Waals surface area contributed by atoms with E-state index in [1.165, 1.54) is 6.07 Å². The lowest BCUT2D eigenvalue weighted by atomic mass is 10.2. The standard InChI is InChI=1S/C12H9BrN2O3/c13-9-4-3-7(6-8(9)12(17)18)15-11(16)10-2-1-5-14-10/h1-6,14H,(H,15,16)(H,17,18). The molecule has 6 heteroatoms. The summed E-state index contributed by atoms with van der Waals surface area (Å²) in [6.45, 7) is 0. The number of nitrogens with one attached hydrogen (secondary N) is 2. The molecule has 0 aliphatic carbocycles. The van der Waals surface area contributed by atoms with E-state index in [9.17, 15) is 9.59 Å². The fourth-order valence-corrected chi connectivity index (χ4v) is 1.85. The van der Waals surface area contributed by atoms with Crippen LogP contribution in [0.25, 0.3) is 0 Å². The normalized spacial score (nSPS) is 10.1. The van der Waals surface area contributed by atoms with E-state index >= 15 is 0 Å². The Morgan fingerprint density at radius 2 is 2.06 bits per heavy atom. The van der Waals surface area contributed by atoms with Crippen LogP contribution in [0.3, 0.4) is 0 Å². The van der Waals surface area contributed by atoms with Crippen LogP contribution in [-0.4, -0.2) is 22.0 Å². The Labute approximate surface area is 111 Å². The zero-order valence-electron chi connectivity index (χ0n) is 9.11. The molecule has 0 saturated carbocycles. The van der Waals surface area contributed by atoms with Gasteiger partial charge in [0.2, 0.25) is 0 Å². The number of benzene rings is 1. The van der Waals surface area contributed by atoms with Crippen molar-refractivity contribution in [2.45, 2.75) is 0 Å². The Hall–Kier alpha value is -2.08. The maximum Gasteiger partial charge on any atom is 0.336 e. The Morgan fingerprint density at radius 1 is 1.28 bits per heavy atom. The van der Waals surface area contributed by atoms with Gasteiger partial charge in [0.1, 0.15) is 5.69 Å². The van der Waals surface area contributed by atoms with E-state index in [-0.39, 0.29) is 11.5 Å². The highest BCUT2D eigenvalue weighted by Gasteiger charge is 2.11. The van der Waals surface area contributed by atoms with Crippen LogP contribution >= 0.6 is 15.9 Å². The van der Waals surface area contributed by atoms with E-state index < -0.39 is 5.97 Å². The number of carboxylic acid groups (broad SMARTS) is 1. The molecule has 0 spiro atoms. The maximum absolute atomic E-state index is 11.7. The van der Waals surface area contributed by atoms with Crippen molar-refractivity contribution >= 4 is 33.5 Å². The number of carbonyl (C=O) groups is 2. The highest BCUT2D eigenvalue weighted by molar-refractivity contribution is 9.10. The summed E-state index contributed by atoms with van der Waals surface area (Å²) in [6, 6.07) is 7.93. The zero-order chi connectivity index (χ0) is 13.1. The van der Waals surface area contributed by atoms with E-state index in [1.54, 1.807) is 30.5 Å². The SMILES string of the molecule is O=C(Nc1ccc(Br)c(C(=O)O)c1)c1ccc[nH]1. The number of carboxylic acids is 1. The molecule has 92 valence electrons. The summed E-state index contributed by atoms with van der Waals surface area (Å²) < 4.78 is 0.466. The molecule has 0 unspecified atom stereocenters. The predicted molar refractivity (Wildman–Crippen MR) is 69.8 cm³/mol. The van der Waals surface area contributed by atoms with Crippen LogP contribution in [0.15, 0.2) is 41.0 Å². The first-order chi connectivity index (χ1) is 8.58. The summed E-state index contributed by atoms with van der Waals surface area (Å²) in [6.07, 6.45) is 1.64. The van der Waals surface area contributed by atoms with Crippen LogP contribution in [0, 0.1) is 0 Å². The van der Waals surface area contributed by atoms with Crippen molar-refractivity contribution in [3.63, 3.8) is 0 Å². The molecule has 1 amide bonds. The molecule has 3 N–H and O–H groups in total. The molecule has 0 radical (unpaired) electrons. The van der Waals surface area contributed by atoms with Gasteiger partial charge in [-0.25, -0.2) is 4.79 Å². The van der Waals surface area contributed by atoms with Gasteiger partial charge in [-0.3, -0.25) is 4.79 Å². The van der Waals surface area contributed by atoms with Crippen molar-refractivity contribution in [3.8, 4) is 0 Å². The fraction of sp³-hybridized carbons (Fsp3) is 0. The van der Waals surface area contributed by atoms with Crippen molar-refractivity contribution in [2.24, 2.45) is 0 Å². The van der Waals surface area contributed by atoms with Crippen molar-refractivity contribution in [2.75, 3.05) is 5.32 Å². The molecule has 0 fully saturated rings. The lowest BCUT2D eigenvalue weighted by molar-refractivity contribution is 0.0695. The molecule has 5 nitrogen and oxygen atoms in total. The second kappa shape index (κ2) is 5.05. The molecule has 0 aliphatic rings. The Bertz CT molecular complexity index is 593. The van der Waals surface area contributed by atoms with Crippen molar-refractivity contribution in [3.05, 3.63) is 52.3 Å². The van der Waals surface area contributed by atoms with Crippen LogP contribution in [0.1, 0.15) is 20.8 Å². The maximum atomic E-state index is 11.7. The number of carbonyl (C=O) groups excluding carboxylic acids is 1. The van der Waals surface area contributed by atoms with Gasteiger partial charge in [0, 0.05) is 16.4 Å². The number of rotatable bonds is 3. The number of hydrogen-bond donors (Lipinski definition) is 3. The van der Waals surface area contributed by atoms with E-state index in [1.807, 2.05) is 0 Å². The molecule has 0 bridgehead atoms. The third-order valence-electron chi connectivity index (χ3n) is 2.30. The minimum atomic E-state index is -1.06. The summed E-state index contributed by atoms with van der Waals surface area (Å²) >= 11 is 3.14. The minimum Gasteiger partial charge on any atom is -0.478 e. The average molecular weight is 309 g/mol. The van der Waals surface area contributed by atoms with E-state index in [0.717, 1.165) is 0 Å². The van der Waals surface area contributed by atoms with Gasteiger partial charge in [0.15, 0.2) is 0 Å². The zero-order valence-corrected chi connectivity index (χ0v) is 10.7. The number of halogens is 1. The molecule has 0 aliphatic heterocycles. The topological polar surface area (TPSA) is 82.2 Å². The smallest absolute Gasteiger partial charge is 0.336 e. The van der Waals surface area contributed by atoms with Gasteiger partial charge in [-0.15, -0.1) is 0 Å². The first-order valence-electron chi connectivity index (χ1n) is 5.05. The van der Waals surface area contributed by atoms with Gasteiger partial charge in [0.25, 0.3) is 5.91 Å².